The summed E-state index contributed by atoms with van der Waals surface area (Å²) in [6, 6.07) is 4.38. The maximum atomic E-state index is 12.6. The molecule has 0 spiro atoms. The van der Waals surface area contributed by atoms with Gasteiger partial charge in [-0.3, -0.25) is 0 Å². The molecule has 0 aliphatic heterocycles. The standard InChI is InChI=1S/C11H13ClF3NO/c1-7-6-8(2-3-9(7)12)17-10(4-5-16)11(13,14)15/h2-3,6,10H,4-5,16H2,1H3. The minimum atomic E-state index is -4.42. The van der Waals surface area contributed by atoms with Gasteiger partial charge in [-0.2, -0.15) is 13.2 Å². The van der Waals surface area contributed by atoms with Gasteiger partial charge in [-0.15, -0.1) is 0 Å². The number of benzene rings is 1. The molecule has 0 aromatic heterocycles. The minimum absolute atomic E-state index is 0.0866. The molecule has 0 heterocycles. The smallest absolute Gasteiger partial charge is 0.425 e. The topological polar surface area (TPSA) is 35.2 Å². The molecule has 1 aromatic carbocycles. The maximum absolute atomic E-state index is 12.6. The summed E-state index contributed by atoms with van der Waals surface area (Å²) < 4.78 is 42.6. The van der Waals surface area contributed by atoms with Crippen LogP contribution in [-0.2, 0) is 0 Å². The van der Waals surface area contributed by atoms with E-state index in [4.69, 9.17) is 22.1 Å². The molecule has 0 radical (unpaired) electrons. The summed E-state index contributed by atoms with van der Waals surface area (Å²) in [5.74, 6) is 0.141. The Bertz CT molecular complexity index is 381. The number of rotatable bonds is 4. The van der Waals surface area contributed by atoms with Crippen molar-refractivity contribution in [3.63, 3.8) is 0 Å². The molecule has 0 aliphatic carbocycles. The van der Waals surface area contributed by atoms with E-state index in [1.165, 1.54) is 18.2 Å². The van der Waals surface area contributed by atoms with E-state index >= 15 is 0 Å². The van der Waals surface area contributed by atoms with Crippen molar-refractivity contribution in [1.82, 2.24) is 0 Å². The van der Waals surface area contributed by atoms with Gasteiger partial charge in [-0.1, -0.05) is 11.6 Å². The van der Waals surface area contributed by atoms with Gasteiger partial charge in [0.15, 0.2) is 6.10 Å². The molecule has 2 N–H and O–H groups in total. The van der Waals surface area contributed by atoms with Gasteiger partial charge in [0, 0.05) is 11.4 Å². The number of alkyl halides is 3. The number of halogens is 4. The van der Waals surface area contributed by atoms with Crippen LogP contribution >= 0.6 is 11.6 Å². The first kappa shape index (κ1) is 14.1. The maximum Gasteiger partial charge on any atom is 0.425 e. The van der Waals surface area contributed by atoms with Crippen LogP contribution in [0.15, 0.2) is 18.2 Å². The molecule has 0 bridgehead atoms. The molecule has 96 valence electrons. The van der Waals surface area contributed by atoms with Crippen molar-refractivity contribution in [2.45, 2.75) is 25.6 Å². The molecule has 1 rings (SSSR count). The van der Waals surface area contributed by atoms with E-state index in [0.717, 1.165) is 0 Å². The number of aryl methyl sites for hydroxylation is 1. The van der Waals surface area contributed by atoms with Crippen LogP contribution in [0.1, 0.15) is 12.0 Å². The Kier molecular flexibility index (Phi) is 4.65. The summed E-state index contributed by atoms with van der Waals surface area (Å²) in [7, 11) is 0. The number of ether oxygens (including phenoxy) is 1. The Morgan fingerprint density at radius 1 is 1.41 bits per heavy atom. The zero-order valence-corrected chi connectivity index (χ0v) is 9.98. The number of hydrogen-bond acceptors (Lipinski definition) is 2. The molecule has 0 saturated carbocycles. The Labute approximate surface area is 103 Å². The Balaban J connectivity index is 2.82. The molecule has 0 saturated heterocycles. The highest BCUT2D eigenvalue weighted by Crippen LogP contribution is 2.28. The van der Waals surface area contributed by atoms with E-state index in [0.29, 0.717) is 10.6 Å². The lowest BCUT2D eigenvalue weighted by atomic mass is 10.2. The molecular weight excluding hydrogens is 255 g/mol. The summed E-state index contributed by atoms with van der Waals surface area (Å²) in [5, 5.41) is 0.486. The largest absolute Gasteiger partial charge is 0.481 e. The third kappa shape index (κ3) is 4.09. The van der Waals surface area contributed by atoms with Gasteiger partial charge in [0.25, 0.3) is 0 Å². The fourth-order valence-corrected chi connectivity index (χ4v) is 1.41. The lowest BCUT2D eigenvalue weighted by Crippen LogP contribution is -2.36. The van der Waals surface area contributed by atoms with Gasteiger partial charge in [0.05, 0.1) is 0 Å². The van der Waals surface area contributed by atoms with E-state index < -0.39 is 12.3 Å². The second-order valence-electron chi connectivity index (χ2n) is 3.64. The summed E-state index contributed by atoms with van der Waals surface area (Å²) in [5.41, 5.74) is 5.80. The minimum Gasteiger partial charge on any atom is -0.481 e. The molecule has 1 atom stereocenters. The first-order valence-electron chi connectivity index (χ1n) is 5.04. The highest BCUT2D eigenvalue weighted by Gasteiger charge is 2.41. The van der Waals surface area contributed by atoms with Crippen molar-refractivity contribution in [2.75, 3.05) is 6.54 Å². The van der Waals surface area contributed by atoms with Crippen molar-refractivity contribution >= 4 is 11.6 Å². The quantitative estimate of drug-likeness (QED) is 0.908. The normalized spacial score (nSPS) is 13.5. The van der Waals surface area contributed by atoms with Crippen molar-refractivity contribution in [3.8, 4) is 5.75 Å². The van der Waals surface area contributed by atoms with Crippen LogP contribution in [0, 0.1) is 6.92 Å². The van der Waals surface area contributed by atoms with Crippen LogP contribution in [0.2, 0.25) is 5.02 Å². The van der Waals surface area contributed by atoms with E-state index in [-0.39, 0.29) is 18.7 Å². The first-order chi connectivity index (χ1) is 7.84. The zero-order valence-electron chi connectivity index (χ0n) is 9.22. The van der Waals surface area contributed by atoms with Gasteiger partial charge in [0.1, 0.15) is 5.75 Å². The van der Waals surface area contributed by atoms with Crippen LogP contribution < -0.4 is 10.5 Å². The fourth-order valence-electron chi connectivity index (χ4n) is 1.30. The highest BCUT2D eigenvalue weighted by atomic mass is 35.5. The summed E-state index contributed by atoms with van der Waals surface area (Å²) >= 11 is 5.77. The third-order valence-electron chi connectivity index (χ3n) is 2.20. The molecule has 6 heteroatoms. The van der Waals surface area contributed by atoms with Gasteiger partial charge >= 0.3 is 6.18 Å². The highest BCUT2D eigenvalue weighted by molar-refractivity contribution is 6.31. The van der Waals surface area contributed by atoms with Gasteiger partial charge in [0.2, 0.25) is 0 Å². The van der Waals surface area contributed by atoms with Crippen molar-refractivity contribution in [3.05, 3.63) is 28.8 Å². The molecule has 2 nitrogen and oxygen atoms in total. The lowest BCUT2D eigenvalue weighted by Gasteiger charge is -2.21. The van der Waals surface area contributed by atoms with E-state index in [2.05, 4.69) is 0 Å². The van der Waals surface area contributed by atoms with Gasteiger partial charge in [-0.25, -0.2) is 0 Å². The number of hydrogen-bond donors (Lipinski definition) is 1. The monoisotopic (exact) mass is 267 g/mol. The fraction of sp³-hybridized carbons (Fsp3) is 0.455. The SMILES string of the molecule is Cc1cc(OC(CCN)C(F)(F)F)ccc1Cl. The van der Waals surface area contributed by atoms with E-state index in [1.807, 2.05) is 0 Å². The first-order valence-corrected chi connectivity index (χ1v) is 5.42. The van der Waals surface area contributed by atoms with E-state index in [1.54, 1.807) is 6.92 Å². The van der Waals surface area contributed by atoms with Crippen LogP contribution in [0.3, 0.4) is 0 Å². The zero-order chi connectivity index (χ0) is 13.1. The molecule has 1 aromatic rings. The van der Waals surface area contributed by atoms with Gasteiger partial charge < -0.3 is 10.5 Å². The van der Waals surface area contributed by atoms with Crippen LogP contribution in [0.25, 0.3) is 0 Å². The van der Waals surface area contributed by atoms with Crippen LogP contribution in [0.5, 0.6) is 5.75 Å². The summed E-state index contributed by atoms with van der Waals surface area (Å²) in [4.78, 5) is 0. The molecule has 0 fully saturated rings. The number of nitrogens with two attached hydrogens (primary N) is 1. The summed E-state index contributed by atoms with van der Waals surface area (Å²) in [6.45, 7) is 1.61. The molecule has 0 aliphatic rings. The second-order valence-corrected chi connectivity index (χ2v) is 4.04. The Morgan fingerprint density at radius 3 is 2.53 bits per heavy atom. The van der Waals surface area contributed by atoms with Crippen molar-refractivity contribution < 1.29 is 17.9 Å². The third-order valence-corrected chi connectivity index (χ3v) is 2.63. The predicted octanol–water partition coefficient (Wildman–Crippen LogP) is 3.31. The average molecular weight is 268 g/mol. The average Bonchev–Trinajstić information content (AvgIpc) is 2.21. The summed E-state index contributed by atoms with van der Waals surface area (Å²) in [6.07, 6.45) is -6.58. The molecule has 0 amide bonds. The molecule has 1 unspecified atom stereocenters. The lowest BCUT2D eigenvalue weighted by molar-refractivity contribution is -0.196. The molecule has 17 heavy (non-hydrogen) atoms. The van der Waals surface area contributed by atoms with Crippen LogP contribution in [0.4, 0.5) is 13.2 Å². The second kappa shape index (κ2) is 5.60. The Hall–Kier alpha value is -0.940. The van der Waals surface area contributed by atoms with Crippen molar-refractivity contribution in [2.24, 2.45) is 5.73 Å². The molecular formula is C11H13ClF3NO. The Morgan fingerprint density at radius 2 is 2.06 bits per heavy atom. The van der Waals surface area contributed by atoms with E-state index in [9.17, 15) is 13.2 Å². The predicted molar refractivity (Wildman–Crippen MR) is 60.3 cm³/mol. The van der Waals surface area contributed by atoms with Gasteiger partial charge in [-0.05, 0) is 37.2 Å². The van der Waals surface area contributed by atoms with Crippen LogP contribution in [-0.4, -0.2) is 18.8 Å². The van der Waals surface area contributed by atoms with Crippen molar-refractivity contribution in [1.29, 1.82) is 0 Å².